The molecular formula is C23H32N2O3S. The van der Waals surface area contributed by atoms with E-state index in [9.17, 15) is 13.2 Å². The summed E-state index contributed by atoms with van der Waals surface area (Å²) in [7, 11) is -1.42. The minimum absolute atomic E-state index is 0.000140. The molecule has 1 atom stereocenters. The average Bonchev–Trinajstić information content (AvgIpc) is 3.00. The number of carbonyl (C=O) groups is 1. The van der Waals surface area contributed by atoms with Gasteiger partial charge in [0.05, 0.1) is 16.5 Å². The summed E-state index contributed by atoms with van der Waals surface area (Å²) in [5.41, 5.74) is 3.87. The Bertz CT molecular complexity index is 984. The first-order chi connectivity index (χ1) is 13.6. The molecule has 1 aromatic heterocycles. The van der Waals surface area contributed by atoms with Gasteiger partial charge in [0.2, 0.25) is 0 Å². The number of hydrogen-bond donors (Lipinski definition) is 0. The molecule has 1 aromatic carbocycles. The molecule has 1 amide bonds. The average molecular weight is 417 g/mol. The summed E-state index contributed by atoms with van der Waals surface area (Å²) < 4.78 is 25.7. The van der Waals surface area contributed by atoms with Gasteiger partial charge < -0.3 is 9.47 Å². The summed E-state index contributed by atoms with van der Waals surface area (Å²) >= 11 is 0. The fourth-order valence-corrected chi connectivity index (χ4v) is 5.11. The zero-order valence-corrected chi connectivity index (χ0v) is 18.9. The number of aryl methyl sites for hydroxylation is 1. The van der Waals surface area contributed by atoms with Crippen molar-refractivity contribution < 1.29 is 13.2 Å². The molecule has 29 heavy (non-hydrogen) atoms. The van der Waals surface area contributed by atoms with Gasteiger partial charge in [0.25, 0.3) is 5.91 Å². The number of sulfone groups is 1. The molecule has 0 bridgehead atoms. The van der Waals surface area contributed by atoms with E-state index in [1.54, 1.807) is 29.2 Å². The molecule has 1 fully saturated rings. The Kier molecular flexibility index (Phi) is 6.22. The van der Waals surface area contributed by atoms with E-state index in [0.717, 1.165) is 22.5 Å². The highest BCUT2D eigenvalue weighted by atomic mass is 32.2. The quantitative estimate of drug-likeness (QED) is 0.700. The molecule has 0 spiro atoms. The van der Waals surface area contributed by atoms with E-state index in [1.165, 1.54) is 38.4 Å². The van der Waals surface area contributed by atoms with Crippen molar-refractivity contribution in [1.82, 2.24) is 9.47 Å². The molecule has 1 aliphatic carbocycles. The Labute approximate surface area is 174 Å². The van der Waals surface area contributed by atoms with Crippen molar-refractivity contribution in [2.75, 3.05) is 13.3 Å². The maximum atomic E-state index is 13.3. The molecule has 3 rings (SSSR count). The minimum Gasteiger partial charge on any atom is -0.345 e. The van der Waals surface area contributed by atoms with Crippen LogP contribution in [0.3, 0.4) is 0 Å². The first kappa shape index (κ1) is 21.6. The van der Waals surface area contributed by atoms with Crippen molar-refractivity contribution in [2.45, 2.75) is 69.9 Å². The zero-order valence-electron chi connectivity index (χ0n) is 18.1. The monoisotopic (exact) mass is 416 g/mol. The van der Waals surface area contributed by atoms with Crippen LogP contribution >= 0.6 is 0 Å². The van der Waals surface area contributed by atoms with Crippen LogP contribution in [-0.4, -0.2) is 37.1 Å². The lowest BCUT2D eigenvalue weighted by atomic mass is 9.95. The third-order valence-corrected chi connectivity index (χ3v) is 7.48. The van der Waals surface area contributed by atoms with Crippen molar-refractivity contribution in [2.24, 2.45) is 0 Å². The zero-order chi connectivity index (χ0) is 21.3. The Morgan fingerprint density at radius 1 is 1.10 bits per heavy atom. The van der Waals surface area contributed by atoms with E-state index in [4.69, 9.17) is 0 Å². The molecule has 0 saturated heterocycles. The number of hydrogen-bond acceptors (Lipinski definition) is 3. The molecule has 1 aliphatic rings. The van der Waals surface area contributed by atoms with Gasteiger partial charge in [-0.3, -0.25) is 4.79 Å². The molecule has 0 aliphatic heterocycles. The summed E-state index contributed by atoms with van der Waals surface area (Å²) in [4.78, 5) is 15.3. The van der Waals surface area contributed by atoms with Crippen LogP contribution in [0.25, 0.3) is 0 Å². The molecule has 0 radical (unpaired) electrons. The van der Waals surface area contributed by atoms with Gasteiger partial charge in [0.1, 0.15) is 0 Å². The molecule has 1 unspecified atom stereocenters. The Morgan fingerprint density at radius 3 is 2.24 bits per heavy atom. The fourth-order valence-electron chi connectivity index (χ4n) is 4.48. The van der Waals surface area contributed by atoms with Crippen molar-refractivity contribution >= 4 is 15.7 Å². The predicted molar refractivity (Wildman–Crippen MR) is 116 cm³/mol. The number of amides is 1. The van der Waals surface area contributed by atoms with E-state index in [2.05, 4.69) is 11.5 Å². The highest BCUT2D eigenvalue weighted by molar-refractivity contribution is 7.90. The van der Waals surface area contributed by atoms with Crippen LogP contribution in [0.15, 0.2) is 35.2 Å². The van der Waals surface area contributed by atoms with Crippen molar-refractivity contribution in [3.63, 3.8) is 0 Å². The van der Waals surface area contributed by atoms with Gasteiger partial charge in [-0.25, -0.2) is 8.42 Å². The lowest BCUT2D eigenvalue weighted by Crippen LogP contribution is -2.30. The van der Waals surface area contributed by atoms with E-state index in [-0.39, 0.29) is 11.9 Å². The molecular weight excluding hydrogens is 384 g/mol. The standard InChI is InChI=1S/C23H32N2O3S/c1-16-15-22(18(3)25(16)20-9-7-6-8-10-20)23(26)24(4)17(2)19-11-13-21(14-12-19)29(5,27)28/h11-15,17,20H,6-10H2,1-5H3. The second-order valence-electron chi connectivity index (χ2n) is 8.38. The van der Waals surface area contributed by atoms with Gasteiger partial charge in [0.15, 0.2) is 9.84 Å². The lowest BCUT2D eigenvalue weighted by Gasteiger charge is -2.27. The summed E-state index contributed by atoms with van der Waals surface area (Å²) in [6.07, 6.45) is 7.38. The lowest BCUT2D eigenvalue weighted by molar-refractivity contribution is 0.0741. The van der Waals surface area contributed by atoms with Gasteiger partial charge in [0, 0.05) is 30.7 Å². The van der Waals surface area contributed by atoms with Crippen molar-refractivity contribution in [3.05, 3.63) is 52.8 Å². The van der Waals surface area contributed by atoms with E-state index >= 15 is 0 Å². The molecule has 1 saturated carbocycles. The largest absolute Gasteiger partial charge is 0.345 e. The smallest absolute Gasteiger partial charge is 0.255 e. The van der Waals surface area contributed by atoms with E-state index in [1.807, 2.05) is 27.0 Å². The number of aromatic nitrogens is 1. The Morgan fingerprint density at radius 2 is 1.69 bits per heavy atom. The first-order valence-electron chi connectivity index (χ1n) is 10.4. The van der Waals surface area contributed by atoms with Gasteiger partial charge in [-0.1, -0.05) is 31.4 Å². The normalized spacial score (nSPS) is 16.6. The number of rotatable bonds is 5. The molecule has 6 heteroatoms. The maximum Gasteiger partial charge on any atom is 0.255 e. The number of nitrogens with zero attached hydrogens (tertiary/aromatic N) is 2. The Hall–Kier alpha value is -2.08. The van der Waals surface area contributed by atoms with Crippen LogP contribution in [0.2, 0.25) is 0 Å². The maximum absolute atomic E-state index is 13.3. The molecule has 0 N–H and O–H groups in total. The van der Waals surface area contributed by atoms with Crippen LogP contribution in [0.4, 0.5) is 0 Å². The highest BCUT2D eigenvalue weighted by Gasteiger charge is 2.26. The second kappa shape index (κ2) is 8.34. The summed E-state index contributed by atoms with van der Waals surface area (Å²) in [5.74, 6) is -0.000140. The van der Waals surface area contributed by atoms with Crippen LogP contribution in [0, 0.1) is 13.8 Å². The SMILES string of the molecule is Cc1cc(C(=O)N(C)C(C)c2ccc(S(C)(=O)=O)cc2)c(C)n1C1CCCCC1. The minimum atomic E-state index is -3.23. The van der Waals surface area contributed by atoms with Crippen LogP contribution < -0.4 is 0 Å². The van der Waals surface area contributed by atoms with Gasteiger partial charge in [-0.2, -0.15) is 0 Å². The second-order valence-corrected chi connectivity index (χ2v) is 10.4. The molecule has 2 aromatic rings. The summed E-state index contributed by atoms with van der Waals surface area (Å²) in [6, 6.07) is 9.14. The molecule has 1 heterocycles. The third-order valence-electron chi connectivity index (χ3n) is 6.35. The molecule has 158 valence electrons. The molecule has 5 nitrogen and oxygen atoms in total. The van der Waals surface area contributed by atoms with Crippen molar-refractivity contribution in [3.8, 4) is 0 Å². The topological polar surface area (TPSA) is 59.4 Å². The van der Waals surface area contributed by atoms with Gasteiger partial charge in [-0.15, -0.1) is 0 Å². The third kappa shape index (κ3) is 4.42. The van der Waals surface area contributed by atoms with Crippen LogP contribution in [0.1, 0.15) is 78.4 Å². The van der Waals surface area contributed by atoms with Crippen LogP contribution in [0.5, 0.6) is 0 Å². The summed E-state index contributed by atoms with van der Waals surface area (Å²) in [5, 5.41) is 0. The summed E-state index contributed by atoms with van der Waals surface area (Å²) in [6.45, 7) is 6.10. The van der Waals surface area contributed by atoms with E-state index in [0.29, 0.717) is 10.9 Å². The predicted octanol–water partition coefficient (Wildman–Crippen LogP) is 4.85. The van der Waals surface area contributed by atoms with E-state index < -0.39 is 9.84 Å². The first-order valence-corrected chi connectivity index (χ1v) is 12.3. The van der Waals surface area contributed by atoms with Crippen LogP contribution in [-0.2, 0) is 9.84 Å². The van der Waals surface area contributed by atoms with Gasteiger partial charge in [-0.05, 0) is 57.4 Å². The van der Waals surface area contributed by atoms with Gasteiger partial charge >= 0.3 is 0 Å². The van der Waals surface area contributed by atoms with Crippen molar-refractivity contribution in [1.29, 1.82) is 0 Å². The number of carbonyl (C=O) groups excluding carboxylic acids is 1. The number of benzene rings is 1. The fraction of sp³-hybridized carbons (Fsp3) is 0.522. The Balaban J connectivity index is 1.82. The highest BCUT2D eigenvalue weighted by Crippen LogP contribution is 2.33.